The van der Waals surface area contributed by atoms with Crippen LogP contribution in [0.2, 0.25) is 0 Å². The molecule has 0 saturated carbocycles. The Hall–Kier alpha value is -1.59. The van der Waals surface area contributed by atoms with Gasteiger partial charge in [-0.2, -0.15) is 0 Å². The SMILES string of the molecule is CN1CCC(NC(=O)NCC(O)Cc2ccccc2)CC1. The summed E-state index contributed by atoms with van der Waals surface area (Å²) in [5, 5.41) is 15.7. The zero-order valence-electron chi connectivity index (χ0n) is 12.6. The predicted octanol–water partition coefficient (Wildman–Crippen LogP) is 0.983. The van der Waals surface area contributed by atoms with Gasteiger partial charge in [-0.05, 0) is 38.5 Å². The van der Waals surface area contributed by atoms with E-state index >= 15 is 0 Å². The number of nitrogens with zero attached hydrogens (tertiary/aromatic N) is 1. The number of likely N-dealkylation sites (tertiary alicyclic amines) is 1. The molecule has 5 heteroatoms. The van der Waals surface area contributed by atoms with Gasteiger partial charge in [-0.1, -0.05) is 30.3 Å². The number of hydrogen-bond donors (Lipinski definition) is 3. The molecule has 2 rings (SSSR count). The Bertz CT molecular complexity index is 430. The van der Waals surface area contributed by atoms with Crippen LogP contribution in [0.1, 0.15) is 18.4 Å². The van der Waals surface area contributed by atoms with Gasteiger partial charge in [0.25, 0.3) is 0 Å². The van der Waals surface area contributed by atoms with Crippen LogP contribution in [-0.2, 0) is 6.42 Å². The van der Waals surface area contributed by atoms with Gasteiger partial charge in [-0.25, -0.2) is 4.79 Å². The van der Waals surface area contributed by atoms with Crippen LogP contribution in [-0.4, -0.2) is 54.9 Å². The molecule has 5 nitrogen and oxygen atoms in total. The molecule has 1 saturated heterocycles. The number of benzene rings is 1. The van der Waals surface area contributed by atoms with E-state index in [9.17, 15) is 9.90 Å². The van der Waals surface area contributed by atoms with Crippen LogP contribution in [0, 0.1) is 0 Å². The van der Waals surface area contributed by atoms with Crippen molar-refractivity contribution in [3.8, 4) is 0 Å². The number of carbonyl (C=O) groups excluding carboxylic acids is 1. The maximum absolute atomic E-state index is 11.8. The molecule has 1 aliphatic rings. The van der Waals surface area contributed by atoms with E-state index in [1.54, 1.807) is 0 Å². The lowest BCUT2D eigenvalue weighted by Crippen LogP contribution is -2.48. The molecular weight excluding hydrogens is 266 g/mol. The average Bonchev–Trinajstić information content (AvgIpc) is 2.49. The Balaban J connectivity index is 1.64. The third kappa shape index (κ3) is 5.73. The molecule has 3 N–H and O–H groups in total. The molecule has 0 aliphatic carbocycles. The predicted molar refractivity (Wildman–Crippen MR) is 83.2 cm³/mol. The summed E-state index contributed by atoms with van der Waals surface area (Å²) in [7, 11) is 2.09. The van der Waals surface area contributed by atoms with Crippen molar-refractivity contribution < 1.29 is 9.90 Å². The Kier molecular flexibility index (Phi) is 6.02. The van der Waals surface area contributed by atoms with Crippen LogP contribution in [0.25, 0.3) is 0 Å². The zero-order chi connectivity index (χ0) is 15.1. The van der Waals surface area contributed by atoms with E-state index in [0.29, 0.717) is 6.42 Å². The van der Waals surface area contributed by atoms with Crippen LogP contribution < -0.4 is 10.6 Å². The fraction of sp³-hybridized carbons (Fsp3) is 0.562. The highest BCUT2D eigenvalue weighted by Crippen LogP contribution is 2.07. The Labute approximate surface area is 126 Å². The summed E-state index contributed by atoms with van der Waals surface area (Å²) in [5.74, 6) is 0. The van der Waals surface area contributed by atoms with Crippen LogP contribution >= 0.6 is 0 Å². The molecule has 1 fully saturated rings. The molecular formula is C16H25N3O2. The molecule has 21 heavy (non-hydrogen) atoms. The fourth-order valence-corrected chi connectivity index (χ4v) is 2.56. The Morgan fingerprint density at radius 2 is 2.00 bits per heavy atom. The number of hydrogen-bond acceptors (Lipinski definition) is 3. The largest absolute Gasteiger partial charge is 0.391 e. The molecule has 116 valence electrons. The molecule has 1 heterocycles. The van der Waals surface area contributed by atoms with Crippen LogP contribution in [0.15, 0.2) is 30.3 Å². The summed E-state index contributed by atoms with van der Waals surface area (Å²) in [6, 6.07) is 9.85. The average molecular weight is 291 g/mol. The van der Waals surface area contributed by atoms with Crippen LogP contribution in [0.3, 0.4) is 0 Å². The van der Waals surface area contributed by atoms with E-state index in [4.69, 9.17) is 0 Å². The van der Waals surface area contributed by atoms with Gasteiger partial charge < -0.3 is 20.6 Å². The summed E-state index contributed by atoms with van der Waals surface area (Å²) in [6.07, 6.45) is 1.96. The molecule has 0 radical (unpaired) electrons. The topological polar surface area (TPSA) is 64.6 Å². The number of nitrogens with one attached hydrogen (secondary N) is 2. The first kappa shape index (κ1) is 15.8. The van der Waals surface area contributed by atoms with Crippen molar-refractivity contribution in [3.05, 3.63) is 35.9 Å². The second-order valence-corrected chi connectivity index (χ2v) is 5.78. The molecule has 1 atom stereocenters. The van der Waals surface area contributed by atoms with Crippen molar-refractivity contribution in [2.75, 3.05) is 26.7 Å². The molecule has 2 amide bonds. The standard InChI is InChI=1S/C16H25N3O2/c1-19-9-7-14(8-10-19)18-16(21)17-12-15(20)11-13-5-3-2-4-6-13/h2-6,14-15,20H,7-12H2,1H3,(H2,17,18,21). The smallest absolute Gasteiger partial charge is 0.315 e. The van der Waals surface area contributed by atoms with Crippen molar-refractivity contribution in [3.63, 3.8) is 0 Å². The van der Waals surface area contributed by atoms with Crippen molar-refractivity contribution in [1.29, 1.82) is 0 Å². The first-order valence-corrected chi connectivity index (χ1v) is 7.58. The van der Waals surface area contributed by atoms with Gasteiger partial charge in [0.1, 0.15) is 0 Å². The van der Waals surface area contributed by atoms with E-state index < -0.39 is 6.10 Å². The molecule has 1 unspecified atom stereocenters. The number of aliphatic hydroxyl groups is 1. The van der Waals surface area contributed by atoms with Gasteiger partial charge in [0.05, 0.1) is 6.10 Å². The molecule has 0 spiro atoms. The van der Waals surface area contributed by atoms with E-state index in [1.807, 2.05) is 30.3 Å². The van der Waals surface area contributed by atoms with Gasteiger partial charge in [0.2, 0.25) is 0 Å². The maximum Gasteiger partial charge on any atom is 0.315 e. The first-order valence-electron chi connectivity index (χ1n) is 7.58. The lowest BCUT2D eigenvalue weighted by atomic mass is 10.1. The summed E-state index contributed by atoms with van der Waals surface area (Å²) >= 11 is 0. The van der Waals surface area contributed by atoms with E-state index in [2.05, 4.69) is 22.6 Å². The van der Waals surface area contributed by atoms with Crippen LogP contribution in [0.5, 0.6) is 0 Å². The molecule has 0 aromatic heterocycles. The fourth-order valence-electron chi connectivity index (χ4n) is 2.56. The van der Waals surface area contributed by atoms with E-state index in [-0.39, 0.29) is 18.6 Å². The number of piperidine rings is 1. The summed E-state index contributed by atoms with van der Waals surface area (Å²) in [4.78, 5) is 14.1. The second kappa shape index (κ2) is 8.00. The normalized spacial score (nSPS) is 18.2. The Morgan fingerprint density at radius 3 is 2.67 bits per heavy atom. The highest BCUT2D eigenvalue weighted by atomic mass is 16.3. The number of urea groups is 1. The van der Waals surface area contributed by atoms with Crippen molar-refractivity contribution in [2.24, 2.45) is 0 Å². The van der Waals surface area contributed by atoms with Crippen LogP contribution in [0.4, 0.5) is 4.79 Å². The quantitative estimate of drug-likeness (QED) is 0.758. The molecule has 0 bridgehead atoms. The first-order chi connectivity index (χ1) is 10.1. The monoisotopic (exact) mass is 291 g/mol. The minimum Gasteiger partial charge on any atom is -0.391 e. The number of carbonyl (C=O) groups is 1. The minimum absolute atomic E-state index is 0.184. The lowest BCUT2D eigenvalue weighted by Gasteiger charge is -2.29. The number of amides is 2. The van der Waals surface area contributed by atoms with Gasteiger partial charge >= 0.3 is 6.03 Å². The zero-order valence-corrected chi connectivity index (χ0v) is 12.6. The minimum atomic E-state index is -0.560. The van der Waals surface area contributed by atoms with Gasteiger partial charge in [-0.15, -0.1) is 0 Å². The lowest BCUT2D eigenvalue weighted by molar-refractivity contribution is 0.168. The third-order valence-electron chi connectivity index (χ3n) is 3.87. The second-order valence-electron chi connectivity index (χ2n) is 5.78. The Morgan fingerprint density at radius 1 is 1.33 bits per heavy atom. The molecule has 1 aromatic carbocycles. The van der Waals surface area contributed by atoms with Gasteiger partial charge in [0.15, 0.2) is 0 Å². The molecule has 1 aromatic rings. The highest BCUT2D eigenvalue weighted by Gasteiger charge is 2.18. The number of rotatable bonds is 5. The summed E-state index contributed by atoms with van der Waals surface area (Å²) in [6.45, 7) is 2.30. The highest BCUT2D eigenvalue weighted by molar-refractivity contribution is 5.74. The van der Waals surface area contributed by atoms with Gasteiger partial charge in [0, 0.05) is 19.0 Å². The summed E-state index contributed by atoms with van der Waals surface area (Å²) in [5.41, 5.74) is 1.07. The summed E-state index contributed by atoms with van der Waals surface area (Å²) < 4.78 is 0. The van der Waals surface area contributed by atoms with Crippen molar-refractivity contribution >= 4 is 6.03 Å². The third-order valence-corrected chi connectivity index (χ3v) is 3.87. The van der Waals surface area contributed by atoms with Crippen molar-refractivity contribution in [1.82, 2.24) is 15.5 Å². The van der Waals surface area contributed by atoms with Crippen molar-refractivity contribution in [2.45, 2.75) is 31.4 Å². The molecule has 1 aliphatic heterocycles. The van der Waals surface area contributed by atoms with Gasteiger partial charge in [-0.3, -0.25) is 0 Å². The maximum atomic E-state index is 11.8. The van der Waals surface area contributed by atoms with E-state index in [0.717, 1.165) is 31.5 Å². The number of aliphatic hydroxyl groups excluding tert-OH is 1. The van der Waals surface area contributed by atoms with E-state index in [1.165, 1.54) is 0 Å².